The summed E-state index contributed by atoms with van der Waals surface area (Å²) >= 11 is 1.33. The van der Waals surface area contributed by atoms with E-state index in [1.165, 1.54) is 43.9 Å². The van der Waals surface area contributed by atoms with Crippen LogP contribution < -0.4 is 5.32 Å². The molecule has 7 nitrogen and oxygen atoms in total. The van der Waals surface area contributed by atoms with E-state index in [0.29, 0.717) is 32.0 Å². The third-order valence-electron chi connectivity index (χ3n) is 7.73. The number of carbonyl (C=O) groups is 3. The zero-order chi connectivity index (χ0) is 22.8. The summed E-state index contributed by atoms with van der Waals surface area (Å²) in [7, 11) is 0. The highest BCUT2D eigenvalue weighted by atomic mass is 32.2. The van der Waals surface area contributed by atoms with Crippen LogP contribution >= 0.6 is 11.8 Å². The van der Waals surface area contributed by atoms with Gasteiger partial charge in [0.15, 0.2) is 5.25 Å². The predicted octanol–water partition coefficient (Wildman–Crippen LogP) is 2.81. The van der Waals surface area contributed by atoms with Gasteiger partial charge in [-0.3, -0.25) is 19.3 Å². The van der Waals surface area contributed by atoms with Crippen molar-refractivity contribution >= 4 is 35.2 Å². The molecule has 2 saturated heterocycles. The Hall–Kier alpha value is -2.06. The Labute approximate surface area is 200 Å². The summed E-state index contributed by atoms with van der Waals surface area (Å²) in [4.78, 5) is 46.1. The zero-order valence-corrected chi connectivity index (χ0v) is 20.0. The molecule has 178 valence electrons. The molecule has 1 aliphatic carbocycles. The van der Waals surface area contributed by atoms with Crippen molar-refractivity contribution in [2.24, 2.45) is 5.92 Å². The number of para-hydroxylation sites is 1. The number of benzene rings is 1. The largest absolute Gasteiger partial charge is 0.341 e. The van der Waals surface area contributed by atoms with Crippen LogP contribution in [0.5, 0.6) is 0 Å². The normalized spacial score (nSPS) is 25.5. The molecule has 0 bridgehead atoms. The molecule has 8 heteroatoms. The second-order valence-electron chi connectivity index (χ2n) is 9.74. The second-order valence-corrected chi connectivity index (χ2v) is 10.9. The van der Waals surface area contributed by atoms with E-state index < -0.39 is 5.25 Å². The number of nitrogens with one attached hydrogen (secondary N) is 1. The number of carbonyl (C=O) groups excluding carboxylic acids is 3. The van der Waals surface area contributed by atoms with Crippen LogP contribution in [0, 0.1) is 5.92 Å². The lowest BCUT2D eigenvalue weighted by Gasteiger charge is -2.42. The number of likely N-dealkylation sites (tertiary alicyclic amines) is 1. The Morgan fingerprint density at radius 1 is 0.818 bits per heavy atom. The van der Waals surface area contributed by atoms with E-state index in [1.54, 1.807) is 4.90 Å². The lowest BCUT2D eigenvalue weighted by molar-refractivity contribution is -0.143. The molecule has 33 heavy (non-hydrogen) atoms. The van der Waals surface area contributed by atoms with Gasteiger partial charge in [0.2, 0.25) is 17.7 Å². The Balaban J connectivity index is 1.10. The van der Waals surface area contributed by atoms with Crippen LogP contribution in [0.2, 0.25) is 0 Å². The molecule has 4 aliphatic rings. The van der Waals surface area contributed by atoms with Crippen LogP contribution in [0.15, 0.2) is 29.2 Å². The van der Waals surface area contributed by atoms with E-state index in [-0.39, 0.29) is 23.6 Å². The van der Waals surface area contributed by atoms with Crippen molar-refractivity contribution in [3.8, 4) is 0 Å². The maximum atomic E-state index is 13.1. The number of piperazine rings is 1. The lowest BCUT2D eigenvalue weighted by atomic mass is 9.93. The van der Waals surface area contributed by atoms with Crippen molar-refractivity contribution in [2.75, 3.05) is 44.6 Å². The minimum atomic E-state index is -0.750. The molecule has 0 unspecified atom stereocenters. The van der Waals surface area contributed by atoms with Gasteiger partial charge in [-0.25, -0.2) is 0 Å². The fraction of sp³-hybridized carbons (Fsp3) is 0.640. The van der Waals surface area contributed by atoms with Crippen molar-refractivity contribution in [3.63, 3.8) is 0 Å². The molecular formula is C25H34N4O3S. The first-order chi connectivity index (χ1) is 16.1. The average Bonchev–Trinajstić information content (AvgIpc) is 2.88. The van der Waals surface area contributed by atoms with Crippen molar-refractivity contribution < 1.29 is 14.4 Å². The average molecular weight is 471 g/mol. The Kier molecular flexibility index (Phi) is 6.92. The van der Waals surface area contributed by atoms with Gasteiger partial charge in [-0.1, -0.05) is 31.4 Å². The molecule has 1 aromatic rings. The van der Waals surface area contributed by atoms with Gasteiger partial charge in [0.05, 0.1) is 5.69 Å². The highest BCUT2D eigenvalue weighted by Crippen LogP contribution is 2.36. The smallest absolute Gasteiger partial charge is 0.247 e. The number of rotatable bonds is 3. The van der Waals surface area contributed by atoms with Crippen molar-refractivity contribution in [1.82, 2.24) is 14.7 Å². The maximum absolute atomic E-state index is 13.1. The number of fused-ring (bicyclic) bond motifs is 1. The number of amides is 3. The number of thioether (sulfide) groups is 1. The molecule has 1 saturated carbocycles. The molecule has 0 radical (unpaired) electrons. The first kappa shape index (κ1) is 22.7. The van der Waals surface area contributed by atoms with Crippen LogP contribution in [-0.2, 0) is 14.4 Å². The quantitative estimate of drug-likeness (QED) is 0.688. The van der Waals surface area contributed by atoms with E-state index in [4.69, 9.17) is 0 Å². The Bertz CT molecular complexity index is 887. The first-order valence-corrected chi connectivity index (χ1v) is 13.4. The van der Waals surface area contributed by atoms with Crippen molar-refractivity contribution in [3.05, 3.63) is 24.3 Å². The van der Waals surface area contributed by atoms with E-state index in [0.717, 1.165) is 36.8 Å². The van der Waals surface area contributed by atoms with Crippen molar-refractivity contribution in [2.45, 2.75) is 61.1 Å². The van der Waals surface area contributed by atoms with Crippen LogP contribution in [0.1, 0.15) is 44.9 Å². The van der Waals surface area contributed by atoms with Gasteiger partial charge in [-0.2, -0.15) is 0 Å². The van der Waals surface area contributed by atoms with Gasteiger partial charge in [-0.05, 0) is 37.8 Å². The number of hydrogen-bond donors (Lipinski definition) is 1. The topological polar surface area (TPSA) is 73.0 Å². The predicted molar refractivity (Wildman–Crippen MR) is 129 cm³/mol. The zero-order valence-electron chi connectivity index (χ0n) is 19.2. The summed E-state index contributed by atoms with van der Waals surface area (Å²) in [5.74, 6) is -0.148. The third kappa shape index (κ3) is 4.92. The molecule has 3 amide bonds. The van der Waals surface area contributed by atoms with Crippen molar-refractivity contribution in [1.29, 1.82) is 0 Å². The summed E-state index contributed by atoms with van der Waals surface area (Å²) < 4.78 is 0. The fourth-order valence-corrected chi connectivity index (χ4v) is 6.81. The Morgan fingerprint density at radius 3 is 2.21 bits per heavy atom. The molecule has 0 aromatic heterocycles. The number of piperidine rings is 1. The maximum Gasteiger partial charge on any atom is 0.247 e. The van der Waals surface area contributed by atoms with Gasteiger partial charge >= 0.3 is 0 Å². The van der Waals surface area contributed by atoms with Gasteiger partial charge < -0.3 is 15.1 Å². The second kappa shape index (κ2) is 10.1. The third-order valence-corrected chi connectivity index (χ3v) is 8.99. The first-order valence-electron chi connectivity index (χ1n) is 12.5. The summed E-state index contributed by atoms with van der Waals surface area (Å²) in [5, 5.41) is 2.11. The van der Waals surface area contributed by atoms with Crippen LogP contribution in [0.3, 0.4) is 0 Å². The van der Waals surface area contributed by atoms with E-state index in [9.17, 15) is 14.4 Å². The lowest BCUT2D eigenvalue weighted by Crippen LogP contribution is -2.54. The summed E-state index contributed by atoms with van der Waals surface area (Å²) in [5.41, 5.74) is 0.768. The molecule has 3 heterocycles. The molecule has 1 atom stereocenters. The SMILES string of the molecule is O=C1Nc2ccccc2S[C@H]1C(=O)N1CCC(C(=O)N2CCN(C3CCCCC3)CC2)CC1. The fourth-order valence-electron chi connectivity index (χ4n) is 5.74. The highest BCUT2D eigenvalue weighted by Gasteiger charge is 2.38. The highest BCUT2D eigenvalue weighted by molar-refractivity contribution is 8.01. The summed E-state index contributed by atoms with van der Waals surface area (Å²) in [6.07, 6.45) is 8.04. The van der Waals surface area contributed by atoms with Gasteiger partial charge in [0.1, 0.15) is 0 Å². The summed E-state index contributed by atoms with van der Waals surface area (Å²) in [6, 6.07) is 8.29. The molecule has 5 rings (SSSR count). The number of hydrogen-bond acceptors (Lipinski definition) is 5. The standard InChI is InChI=1S/C25H34N4O3S/c30-23-22(33-21-9-5-4-8-20(21)26-23)25(32)28-12-10-18(11-13-28)24(31)29-16-14-27(15-17-29)19-6-2-1-3-7-19/h4-5,8-9,18-19,22H,1-3,6-7,10-17H2,(H,26,30)/t22-/m1/s1. The van der Waals surface area contributed by atoms with E-state index in [2.05, 4.69) is 10.2 Å². The number of anilines is 1. The van der Waals surface area contributed by atoms with Crippen LogP contribution in [0.4, 0.5) is 5.69 Å². The van der Waals surface area contributed by atoms with Crippen LogP contribution in [0.25, 0.3) is 0 Å². The summed E-state index contributed by atoms with van der Waals surface area (Å²) in [6.45, 7) is 4.72. The van der Waals surface area contributed by atoms with Gasteiger partial charge in [0, 0.05) is 56.1 Å². The minimum absolute atomic E-state index is 0.0103. The van der Waals surface area contributed by atoms with Gasteiger partial charge in [-0.15, -0.1) is 11.8 Å². The Morgan fingerprint density at radius 2 is 1.48 bits per heavy atom. The van der Waals surface area contributed by atoms with E-state index in [1.807, 2.05) is 29.2 Å². The van der Waals surface area contributed by atoms with Crippen LogP contribution in [-0.4, -0.2) is 83.0 Å². The molecule has 1 aromatic carbocycles. The molecule has 3 aliphatic heterocycles. The molecular weight excluding hydrogens is 436 g/mol. The minimum Gasteiger partial charge on any atom is -0.341 e. The molecule has 0 spiro atoms. The monoisotopic (exact) mass is 470 g/mol. The van der Waals surface area contributed by atoms with E-state index >= 15 is 0 Å². The number of nitrogens with zero attached hydrogens (tertiary/aromatic N) is 3. The molecule has 3 fully saturated rings. The van der Waals surface area contributed by atoms with Gasteiger partial charge in [0.25, 0.3) is 0 Å². The molecule has 1 N–H and O–H groups in total.